The van der Waals surface area contributed by atoms with E-state index in [1.165, 1.54) is 22.1 Å². The van der Waals surface area contributed by atoms with Crippen molar-refractivity contribution in [2.45, 2.75) is 26.2 Å². The summed E-state index contributed by atoms with van der Waals surface area (Å²) in [5.74, 6) is 4.71. The number of nitrogens with one attached hydrogen (secondary N) is 2. The number of allylic oxidation sites excluding steroid dienone is 4. The molecule has 6 nitrogen and oxygen atoms in total. The molecule has 2 N–H and O–H groups in total. The molecular weight excluding hydrogens is 733 g/mol. The molecule has 2 aliphatic rings. The molecule has 4 heterocycles. The summed E-state index contributed by atoms with van der Waals surface area (Å²) in [7, 11) is 0. The SMILES string of the molecule is CC(C)(C)c1ccnc(-n2c3ccccc3c3ccc(Oc4cccc(Nc5ccccc5NC5=C(c6ccccc6)C=CN6C=CC(c7ccccc7)=CB56)c4)cc32)c1. The molecule has 8 aromatic rings. The molecule has 0 amide bonds. The highest BCUT2D eigenvalue weighted by molar-refractivity contribution is 6.73. The number of aromatic nitrogens is 2. The fourth-order valence-corrected chi connectivity index (χ4v) is 8.23. The summed E-state index contributed by atoms with van der Waals surface area (Å²) in [6.07, 6.45) is 10.6. The van der Waals surface area contributed by atoms with E-state index in [0.29, 0.717) is 0 Å². The number of hydrogen-bond donors (Lipinski definition) is 2. The van der Waals surface area contributed by atoms with E-state index in [0.717, 1.165) is 67.5 Å². The maximum atomic E-state index is 6.63. The van der Waals surface area contributed by atoms with Gasteiger partial charge in [-0.1, -0.05) is 124 Å². The van der Waals surface area contributed by atoms with Crippen LogP contribution in [0, 0.1) is 0 Å². The Kier molecular flexibility index (Phi) is 9.42. The van der Waals surface area contributed by atoms with Gasteiger partial charge >= 0.3 is 6.85 Å². The van der Waals surface area contributed by atoms with E-state index >= 15 is 0 Å². The number of para-hydroxylation sites is 3. The Hall–Kier alpha value is -7.51. The van der Waals surface area contributed by atoms with Crippen LogP contribution < -0.4 is 15.4 Å². The van der Waals surface area contributed by atoms with Crippen LogP contribution in [0.15, 0.2) is 206 Å². The first kappa shape index (κ1) is 36.8. The molecule has 2 aliphatic heterocycles. The van der Waals surface area contributed by atoms with Gasteiger partial charge in [-0.2, -0.15) is 0 Å². The van der Waals surface area contributed by atoms with Crippen molar-refractivity contribution in [1.29, 1.82) is 0 Å². The van der Waals surface area contributed by atoms with Crippen molar-refractivity contribution >= 4 is 56.9 Å². The molecule has 7 heteroatoms. The number of pyridine rings is 1. The Labute approximate surface area is 351 Å². The summed E-state index contributed by atoms with van der Waals surface area (Å²) in [5.41, 5.74) is 12.0. The molecule has 0 atom stereocenters. The average Bonchev–Trinajstić information content (AvgIpc) is 3.61. The lowest BCUT2D eigenvalue weighted by Gasteiger charge is -2.34. The fraction of sp³-hybridized carbons (Fsp3) is 0.0755. The van der Waals surface area contributed by atoms with E-state index < -0.39 is 0 Å². The second-order valence-corrected chi connectivity index (χ2v) is 16.3. The van der Waals surface area contributed by atoms with Crippen LogP contribution in [0.1, 0.15) is 37.5 Å². The smallest absolute Gasteiger partial charge is 0.338 e. The summed E-state index contributed by atoms with van der Waals surface area (Å²) in [5, 5.41) is 9.94. The minimum absolute atomic E-state index is 0.00587. The van der Waals surface area contributed by atoms with Gasteiger partial charge in [0.15, 0.2) is 0 Å². The number of fused-ring (bicyclic) bond motifs is 4. The van der Waals surface area contributed by atoms with Crippen molar-refractivity contribution in [1.82, 2.24) is 14.4 Å². The van der Waals surface area contributed by atoms with E-state index in [2.05, 4.69) is 217 Å². The molecule has 0 saturated heterocycles. The fourth-order valence-electron chi connectivity index (χ4n) is 8.23. The third-order valence-corrected chi connectivity index (χ3v) is 11.3. The zero-order valence-electron chi connectivity index (χ0n) is 33.9. The lowest BCUT2D eigenvalue weighted by Crippen LogP contribution is -2.39. The largest absolute Gasteiger partial charge is 0.457 e. The summed E-state index contributed by atoms with van der Waals surface area (Å²) >= 11 is 0. The Morgan fingerprint density at radius 1 is 0.583 bits per heavy atom. The van der Waals surface area contributed by atoms with E-state index in [-0.39, 0.29) is 12.3 Å². The number of rotatable bonds is 9. The summed E-state index contributed by atoms with van der Waals surface area (Å²) < 4.78 is 8.87. The molecule has 0 radical (unpaired) electrons. The van der Waals surface area contributed by atoms with E-state index in [1.807, 2.05) is 24.4 Å². The minimum Gasteiger partial charge on any atom is -0.457 e. The second kappa shape index (κ2) is 15.3. The summed E-state index contributed by atoms with van der Waals surface area (Å²) in [4.78, 5) is 7.11. The second-order valence-electron chi connectivity index (χ2n) is 16.3. The van der Waals surface area contributed by atoms with Crippen LogP contribution >= 0.6 is 0 Å². The zero-order chi connectivity index (χ0) is 40.6. The molecule has 0 aliphatic carbocycles. The molecule has 0 spiro atoms. The highest BCUT2D eigenvalue weighted by Crippen LogP contribution is 2.38. The van der Waals surface area contributed by atoms with Gasteiger partial charge in [0.25, 0.3) is 0 Å². The average molecular weight is 778 g/mol. The maximum absolute atomic E-state index is 6.63. The molecule has 60 heavy (non-hydrogen) atoms. The highest BCUT2D eigenvalue weighted by Gasteiger charge is 2.32. The summed E-state index contributed by atoms with van der Waals surface area (Å²) in [6, 6.07) is 56.8. The molecule has 290 valence electrons. The van der Waals surface area contributed by atoms with Crippen molar-refractivity contribution in [3.63, 3.8) is 0 Å². The van der Waals surface area contributed by atoms with Crippen molar-refractivity contribution in [3.8, 4) is 17.3 Å². The third kappa shape index (κ3) is 7.15. The lowest BCUT2D eigenvalue weighted by molar-refractivity contribution is 0.483. The first-order valence-corrected chi connectivity index (χ1v) is 20.5. The van der Waals surface area contributed by atoms with Crippen LogP contribution in [-0.4, -0.2) is 21.2 Å². The van der Waals surface area contributed by atoms with Gasteiger partial charge in [0, 0.05) is 40.4 Å². The normalized spacial score (nSPS) is 13.8. The molecule has 2 aromatic heterocycles. The van der Waals surface area contributed by atoms with E-state index in [4.69, 9.17) is 9.72 Å². The van der Waals surface area contributed by atoms with Crippen molar-refractivity contribution < 1.29 is 4.74 Å². The zero-order valence-corrected chi connectivity index (χ0v) is 33.9. The topological polar surface area (TPSA) is 54.4 Å². The number of nitrogens with zero attached hydrogens (tertiary/aromatic N) is 3. The minimum atomic E-state index is -0.0376. The van der Waals surface area contributed by atoms with Crippen LogP contribution in [0.5, 0.6) is 11.5 Å². The summed E-state index contributed by atoms with van der Waals surface area (Å²) in [6.45, 7) is 6.66. The van der Waals surface area contributed by atoms with Gasteiger partial charge in [-0.3, -0.25) is 4.57 Å². The number of hydrogen-bond acceptors (Lipinski definition) is 5. The van der Waals surface area contributed by atoms with Gasteiger partial charge in [-0.15, -0.1) is 0 Å². The Balaban J connectivity index is 0.964. The van der Waals surface area contributed by atoms with Gasteiger partial charge in [0.2, 0.25) is 0 Å². The Morgan fingerprint density at radius 3 is 2.07 bits per heavy atom. The van der Waals surface area contributed by atoms with Crippen molar-refractivity contribution in [3.05, 3.63) is 223 Å². The van der Waals surface area contributed by atoms with Crippen molar-refractivity contribution in [2.24, 2.45) is 0 Å². The highest BCUT2D eigenvalue weighted by atomic mass is 16.5. The van der Waals surface area contributed by atoms with Gasteiger partial charge in [0.1, 0.15) is 17.3 Å². The predicted octanol–water partition coefficient (Wildman–Crippen LogP) is 13.3. The standard InChI is InChI=1S/C53H44BN5O/c1-53(2,3)40-27-30-55-51(33-40)59-49-24-13-10-21-45(49)46-26-25-43(35-50(46)59)60-42-20-14-19-41(34-42)56-47-22-11-12-23-48(47)57-52-44(38-17-8-5-9-18-38)29-32-58-31-28-39(36-54(52)58)37-15-6-4-7-16-37/h4-36,56-57H,1-3H3. The van der Waals surface area contributed by atoms with Crippen LogP contribution in [0.4, 0.5) is 17.1 Å². The molecule has 0 saturated carbocycles. The van der Waals surface area contributed by atoms with E-state index in [9.17, 15) is 0 Å². The first-order chi connectivity index (χ1) is 29.4. The van der Waals surface area contributed by atoms with Crippen LogP contribution in [0.2, 0.25) is 0 Å². The molecule has 0 fully saturated rings. The first-order valence-electron chi connectivity index (χ1n) is 20.5. The maximum Gasteiger partial charge on any atom is 0.338 e. The van der Waals surface area contributed by atoms with Crippen molar-refractivity contribution in [2.75, 3.05) is 10.6 Å². The molecule has 6 aromatic carbocycles. The van der Waals surface area contributed by atoms with Crippen LogP contribution in [0.3, 0.4) is 0 Å². The van der Waals surface area contributed by atoms with Gasteiger partial charge < -0.3 is 20.2 Å². The van der Waals surface area contributed by atoms with Crippen LogP contribution in [0.25, 0.3) is 38.8 Å². The number of benzene rings is 6. The van der Waals surface area contributed by atoms with Gasteiger partial charge in [0.05, 0.1) is 22.4 Å². The monoisotopic (exact) mass is 777 g/mol. The van der Waals surface area contributed by atoms with E-state index in [1.54, 1.807) is 0 Å². The van der Waals surface area contributed by atoms with Crippen LogP contribution in [-0.2, 0) is 5.41 Å². The van der Waals surface area contributed by atoms with Gasteiger partial charge in [-0.05, 0) is 112 Å². The quantitative estimate of drug-likeness (QED) is 0.143. The predicted molar refractivity (Wildman–Crippen MR) is 251 cm³/mol. The molecule has 0 bridgehead atoms. The molecular formula is C53H44BN5O. The lowest BCUT2D eigenvalue weighted by atomic mass is 9.52. The Bertz CT molecular complexity index is 3010. The van der Waals surface area contributed by atoms with Gasteiger partial charge in [-0.25, -0.2) is 4.98 Å². The Morgan fingerprint density at radius 2 is 1.27 bits per heavy atom. The number of ether oxygens (including phenoxy) is 1. The number of anilines is 3. The molecule has 0 unspecified atom stereocenters. The molecule has 10 rings (SSSR count). The third-order valence-electron chi connectivity index (χ3n) is 11.3.